The molecule has 0 spiro atoms. The minimum absolute atomic E-state index is 0.317. The number of methoxy groups -OCH3 is 1. The molecule has 1 fully saturated rings. The predicted molar refractivity (Wildman–Crippen MR) is 62.0 cm³/mol. The maximum atomic E-state index is 6.16. The van der Waals surface area contributed by atoms with E-state index in [-0.39, 0.29) is 0 Å². The maximum absolute atomic E-state index is 6.16. The van der Waals surface area contributed by atoms with Crippen LogP contribution in [0.2, 0.25) is 5.15 Å². The summed E-state index contributed by atoms with van der Waals surface area (Å²) in [6, 6.07) is 0. The van der Waals surface area contributed by atoms with E-state index >= 15 is 0 Å². The standard InChI is InChI=1S/C11H17ClN2O2/c1-15-7-6-14-11(12)10(8-13-14)16-9-4-2-3-5-9/h8-9H,2-7H2,1H3. The molecule has 0 radical (unpaired) electrons. The number of hydrogen-bond donors (Lipinski definition) is 0. The Kier molecular flexibility index (Phi) is 4.07. The van der Waals surface area contributed by atoms with Crippen molar-refractivity contribution in [2.75, 3.05) is 13.7 Å². The van der Waals surface area contributed by atoms with Gasteiger partial charge in [0.15, 0.2) is 10.9 Å². The maximum Gasteiger partial charge on any atom is 0.176 e. The molecule has 0 unspecified atom stereocenters. The van der Waals surface area contributed by atoms with Crippen molar-refractivity contribution in [2.24, 2.45) is 0 Å². The molecule has 1 aliphatic carbocycles. The highest BCUT2D eigenvalue weighted by Gasteiger charge is 2.19. The first kappa shape index (κ1) is 11.7. The van der Waals surface area contributed by atoms with Crippen LogP contribution < -0.4 is 4.74 Å². The summed E-state index contributed by atoms with van der Waals surface area (Å²) in [5.41, 5.74) is 0. The zero-order valence-corrected chi connectivity index (χ0v) is 10.2. The van der Waals surface area contributed by atoms with Crippen molar-refractivity contribution >= 4 is 11.6 Å². The van der Waals surface area contributed by atoms with Gasteiger partial charge in [-0.15, -0.1) is 0 Å². The Morgan fingerprint density at radius 2 is 2.25 bits per heavy atom. The third kappa shape index (κ3) is 2.68. The lowest BCUT2D eigenvalue weighted by Gasteiger charge is -2.11. The van der Waals surface area contributed by atoms with Crippen molar-refractivity contribution in [3.8, 4) is 5.75 Å². The van der Waals surface area contributed by atoms with Crippen LogP contribution in [0.25, 0.3) is 0 Å². The normalized spacial score (nSPS) is 16.9. The van der Waals surface area contributed by atoms with Gasteiger partial charge >= 0.3 is 0 Å². The number of halogens is 1. The van der Waals surface area contributed by atoms with Crippen molar-refractivity contribution in [3.63, 3.8) is 0 Å². The van der Waals surface area contributed by atoms with E-state index in [1.807, 2.05) is 0 Å². The van der Waals surface area contributed by atoms with Crippen molar-refractivity contribution in [1.82, 2.24) is 9.78 Å². The van der Waals surface area contributed by atoms with Crippen LogP contribution in [0.1, 0.15) is 25.7 Å². The number of hydrogen-bond acceptors (Lipinski definition) is 3. The zero-order chi connectivity index (χ0) is 11.4. The summed E-state index contributed by atoms with van der Waals surface area (Å²) < 4.78 is 12.5. The molecule has 1 aliphatic rings. The lowest BCUT2D eigenvalue weighted by Crippen LogP contribution is -2.11. The van der Waals surface area contributed by atoms with E-state index in [1.54, 1.807) is 18.0 Å². The Morgan fingerprint density at radius 1 is 1.50 bits per heavy atom. The van der Waals surface area contributed by atoms with Gasteiger partial charge in [-0.2, -0.15) is 5.10 Å². The third-order valence-electron chi connectivity index (χ3n) is 2.85. The monoisotopic (exact) mass is 244 g/mol. The Labute approximate surface area is 100 Å². The SMILES string of the molecule is COCCn1ncc(OC2CCCC2)c1Cl. The van der Waals surface area contributed by atoms with E-state index < -0.39 is 0 Å². The first-order valence-corrected chi connectivity index (χ1v) is 6.06. The van der Waals surface area contributed by atoms with E-state index in [1.165, 1.54) is 12.8 Å². The van der Waals surface area contributed by atoms with Crippen LogP contribution in [0.15, 0.2) is 6.20 Å². The van der Waals surface area contributed by atoms with Crippen LogP contribution in [-0.2, 0) is 11.3 Å². The van der Waals surface area contributed by atoms with Gasteiger partial charge in [0.25, 0.3) is 0 Å². The van der Waals surface area contributed by atoms with Gasteiger partial charge in [0.05, 0.1) is 25.5 Å². The summed E-state index contributed by atoms with van der Waals surface area (Å²) in [5.74, 6) is 0.699. The van der Waals surface area contributed by atoms with E-state index in [0.29, 0.717) is 30.2 Å². The number of rotatable bonds is 5. The highest BCUT2D eigenvalue weighted by molar-refractivity contribution is 6.31. The number of nitrogens with zero attached hydrogens (tertiary/aromatic N) is 2. The minimum atomic E-state index is 0.317. The Balaban J connectivity index is 1.95. The summed E-state index contributed by atoms with van der Waals surface area (Å²) >= 11 is 6.16. The molecule has 2 rings (SSSR count). The van der Waals surface area contributed by atoms with Crippen molar-refractivity contribution in [2.45, 2.75) is 38.3 Å². The molecule has 1 aromatic heterocycles. The molecule has 0 aromatic carbocycles. The smallest absolute Gasteiger partial charge is 0.176 e. The molecule has 16 heavy (non-hydrogen) atoms. The first-order valence-electron chi connectivity index (χ1n) is 5.68. The van der Waals surface area contributed by atoms with Gasteiger partial charge in [-0.3, -0.25) is 0 Å². The van der Waals surface area contributed by atoms with Gasteiger partial charge in [-0.25, -0.2) is 4.68 Å². The zero-order valence-electron chi connectivity index (χ0n) is 9.49. The lowest BCUT2D eigenvalue weighted by molar-refractivity contribution is 0.183. The van der Waals surface area contributed by atoms with Gasteiger partial charge < -0.3 is 9.47 Å². The van der Waals surface area contributed by atoms with Gasteiger partial charge in [0.2, 0.25) is 0 Å². The molecule has 0 atom stereocenters. The first-order chi connectivity index (χ1) is 7.81. The summed E-state index contributed by atoms with van der Waals surface area (Å²) in [5, 5.41) is 4.75. The third-order valence-corrected chi connectivity index (χ3v) is 3.23. The molecule has 0 amide bonds. The summed E-state index contributed by atoms with van der Waals surface area (Å²) in [7, 11) is 1.66. The van der Waals surface area contributed by atoms with Crippen LogP contribution in [-0.4, -0.2) is 29.6 Å². The van der Waals surface area contributed by atoms with Gasteiger partial charge in [0.1, 0.15) is 0 Å². The van der Waals surface area contributed by atoms with Crippen LogP contribution in [0.3, 0.4) is 0 Å². The molecule has 90 valence electrons. The molecular weight excluding hydrogens is 228 g/mol. The quantitative estimate of drug-likeness (QED) is 0.799. The van der Waals surface area contributed by atoms with E-state index in [4.69, 9.17) is 21.1 Å². The molecule has 5 heteroatoms. The number of ether oxygens (including phenoxy) is 2. The molecule has 4 nitrogen and oxygen atoms in total. The topological polar surface area (TPSA) is 36.3 Å². The van der Waals surface area contributed by atoms with Crippen molar-refractivity contribution in [3.05, 3.63) is 11.3 Å². The summed E-state index contributed by atoms with van der Waals surface area (Å²) in [6.07, 6.45) is 6.76. The highest BCUT2D eigenvalue weighted by atomic mass is 35.5. The van der Waals surface area contributed by atoms with Crippen molar-refractivity contribution < 1.29 is 9.47 Å². The van der Waals surface area contributed by atoms with Crippen LogP contribution in [0.5, 0.6) is 5.75 Å². The molecule has 1 heterocycles. The Bertz CT molecular complexity index is 335. The fourth-order valence-electron chi connectivity index (χ4n) is 1.95. The molecule has 1 aromatic rings. The molecule has 0 bridgehead atoms. The Morgan fingerprint density at radius 3 is 2.94 bits per heavy atom. The largest absolute Gasteiger partial charge is 0.486 e. The predicted octanol–water partition coefficient (Wildman–Crippen LogP) is 2.50. The van der Waals surface area contributed by atoms with E-state index in [2.05, 4.69) is 5.10 Å². The van der Waals surface area contributed by atoms with Crippen LogP contribution >= 0.6 is 11.6 Å². The Hall–Kier alpha value is -0.740. The number of aromatic nitrogens is 2. The molecule has 0 N–H and O–H groups in total. The van der Waals surface area contributed by atoms with Gasteiger partial charge in [-0.05, 0) is 25.7 Å². The van der Waals surface area contributed by atoms with Crippen molar-refractivity contribution in [1.29, 1.82) is 0 Å². The van der Waals surface area contributed by atoms with Crippen LogP contribution in [0, 0.1) is 0 Å². The second-order valence-corrected chi connectivity index (χ2v) is 4.40. The molecule has 0 aliphatic heterocycles. The fourth-order valence-corrected chi connectivity index (χ4v) is 2.17. The molecule has 1 saturated carbocycles. The van der Waals surface area contributed by atoms with E-state index in [0.717, 1.165) is 12.8 Å². The lowest BCUT2D eigenvalue weighted by atomic mass is 10.3. The summed E-state index contributed by atoms with van der Waals surface area (Å²) in [6.45, 7) is 1.26. The van der Waals surface area contributed by atoms with Gasteiger partial charge in [-0.1, -0.05) is 11.6 Å². The van der Waals surface area contributed by atoms with Crippen LogP contribution in [0.4, 0.5) is 0 Å². The highest BCUT2D eigenvalue weighted by Crippen LogP contribution is 2.29. The average molecular weight is 245 g/mol. The minimum Gasteiger partial charge on any atom is -0.486 e. The molecular formula is C11H17ClN2O2. The van der Waals surface area contributed by atoms with E-state index in [9.17, 15) is 0 Å². The molecule has 0 saturated heterocycles. The van der Waals surface area contributed by atoms with Gasteiger partial charge in [0, 0.05) is 7.11 Å². The second-order valence-electron chi connectivity index (χ2n) is 4.04. The summed E-state index contributed by atoms with van der Waals surface area (Å²) in [4.78, 5) is 0. The average Bonchev–Trinajstić information content (AvgIpc) is 2.89. The fraction of sp³-hybridized carbons (Fsp3) is 0.727. The second kappa shape index (κ2) is 5.55.